The number of hydrogen-bond donors (Lipinski definition) is 1. The number of fused-ring (bicyclic) bond motifs is 3. The standard InChI is InChI=1S/C26H24ClF5N6O2/c27-16-7-13(33)6-15(18(16)26(30,31)32)20-19(29)21-17-22(38-5-2-14(38)10-39-23(17)34-20)36-24(35-21)40-11-25-3-1-4-37(25)9-12(28)8-25/h6-7,12,14H,1-5,8-11,33H2/t12-,14?,25+/m1/s1. The Hall–Kier alpha value is -3.19. The Bertz CT molecular complexity index is 1540. The number of hydrogen-bond acceptors (Lipinski definition) is 8. The van der Waals surface area contributed by atoms with Crippen molar-refractivity contribution in [2.75, 3.05) is 43.5 Å². The minimum Gasteiger partial charge on any atom is -0.475 e. The molecule has 2 N–H and O–H groups in total. The van der Waals surface area contributed by atoms with Gasteiger partial charge < -0.3 is 20.1 Å². The molecule has 0 amide bonds. The minimum absolute atomic E-state index is 0.0785. The summed E-state index contributed by atoms with van der Waals surface area (Å²) in [5.41, 5.74) is 2.36. The monoisotopic (exact) mass is 582 g/mol. The number of ether oxygens (including phenoxy) is 2. The molecule has 6 heterocycles. The number of benzene rings is 1. The third-order valence-electron chi connectivity index (χ3n) is 8.42. The van der Waals surface area contributed by atoms with Gasteiger partial charge >= 0.3 is 12.2 Å². The lowest BCUT2D eigenvalue weighted by molar-refractivity contribution is -0.137. The van der Waals surface area contributed by atoms with Crippen LogP contribution in [0.4, 0.5) is 33.5 Å². The van der Waals surface area contributed by atoms with Crippen LogP contribution in [0.2, 0.25) is 5.02 Å². The van der Waals surface area contributed by atoms with Gasteiger partial charge in [0.15, 0.2) is 5.82 Å². The molecule has 3 saturated heterocycles. The first-order valence-electron chi connectivity index (χ1n) is 13.0. The van der Waals surface area contributed by atoms with Crippen LogP contribution in [0.5, 0.6) is 11.9 Å². The van der Waals surface area contributed by atoms with Crippen molar-refractivity contribution in [2.24, 2.45) is 0 Å². The van der Waals surface area contributed by atoms with Gasteiger partial charge in [-0.2, -0.15) is 23.1 Å². The van der Waals surface area contributed by atoms with E-state index in [0.717, 1.165) is 37.9 Å². The molecule has 8 nitrogen and oxygen atoms in total. The molecular weight excluding hydrogens is 559 g/mol. The Morgan fingerprint density at radius 3 is 2.77 bits per heavy atom. The van der Waals surface area contributed by atoms with Gasteiger partial charge in [0.2, 0.25) is 5.88 Å². The molecule has 1 aromatic carbocycles. The third kappa shape index (κ3) is 3.92. The van der Waals surface area contributed by atoms with E-state index >= 15 is 4.39 Å². The highest BCUT2D eigenvalue weighted by atomic mass is 35.5. The quantitative estimate of drug-likeness (QED) is 0.339. The predicted molar refractivity (Wildman–Crippen MR) is 137 cm³/mol. The summed E-state index contributed by atoms with van der Waals surface area (Å²) in [4.78, 5) is 17.0. The summed E-state index contributed by atoms with van der Waals surface area (Å²) in [5, 5.41) is -0.542. The lowest BCUT2D eigenvalue weighted by atomic mass is 9.95. The van der Waals surface area contributed by atoms with Crippen LogP contribution >= 0.6 is 11.6 Å². The van der Waals surface area contributed by atoms with Gasteiger partial charge in [0.05, 0.1) is 22.2 Å². The van der Waals surface area contributed by atoms with Crippen LogP contribution in [0.25, 0.3) is 22.2 Å². The first-order chi connectivity index (χ1) is 19.0. The van der Waals surface area contributed by atoms with Crippen molar-refractivity contribution in [3.8, 4) is 23.1 Å². The molecule has 14 heteroatoms. The lowest BCUT2D eigenvalue weighted by Gasteiger charge is -2.40. The fourth-order valence-electron chi connectivity index (χ4n) is 6.48. The second-order valence-electron chi connectivity index (χ2n) is 10.9. The van der Waals surface area contributed by atoms with Crippen LogP contribution in [0.3, 0.4) is 0 Å². The van der Waals surface area contributed by atoms with Crippen LogP contribution in [0, 0.1) is 5.82 Å². The molecule has 0 radical (unpaired) electrons. The van der Waals surface area contributed by atoms with Gasteiger partial charge in [-0.3, -0.25) is 4.90 Å². The van der Waals surface area contributed by atoms with Crippen molar-refractivity contribution in [1.82, 2.24) is 19.9 Å². The minimum atomic E-state index is -4.92. The Labute approximate surface area is 230 Å². The molecule has 7 rings (SSSR count). The molecule has 2 aromatic heterocycles. The Morgan fingerprint density at radius 2 is 2.02 bits per heavy atom. The second-order valence-corrected chi connectivity index (χ2v) is 11.3. The van der Waals surface area contributed by atoms with E-state index in [-0.39, 0.29) is 47.7 Å². The van der Waals surface area contributed by atoms with Crippen LogP contribution < -0.4 is 20.1 Å². The molecule has 4 aliphatic rings. The number of nitrogens with zero attached hydrogens (tertiary/aromatic N) is 5. The summed E-state index contributed by atoms with van der Waals surface area (Å²) in [6.07, 6.45) is -3.13. The average Bonchev–Trinajstić information content (AvgIpc) is 3.34. The number of nitrogen functional groups attached to an aromatic ring is 1. The second kappa shape index (κ2) is 8.90. The van der Waals surface area contributed by atoms with Crippen LogP contribution in [0.15, 0.2) is 12.1 Å². The molecule has 0 aliphatic carbocycles. The van der Waals surface area contributed by atoms with Gasteiger partial charge in [0, 0.05) is 30.8 Å². The zero-order chi connectivity index (χ0) is 28.0. The number of rotatable bonds is 4. The molecule has 0 spiro atoms. The molecule has 40 heavy (non-hydrogen) atoms. The summed E-state index contributed by atoms with van der Waals surface area (Å²) in [5.74, 6) is -0.878. The molecule has 3 fully saturated rings. The largest absolute Gasteiger partial charge is 0.475 e. The molecule has 3 atom stereocenters. The highest BCUT2D eigenvalue weighted by molar-refractivity contribution is 6.32. The van der Waals surface area contributed by atoms with E-state index in [1.54, 1.807) is 0 Å². The number of anilines is 2. The molecular formula is C26H24ClF5N6O2. The maximum absolute atomic E-state index is 16.3. The van der Waals surface area contributed by atoms with Gasteiger partial charge in [-0.05, 0) is 37.9 Å². The highest BCUT2D eigenvalue weighted by Crippen LogP contribution is 2.47. The van der Waals surface area contributed by atoms with Crippen LogP contribution in [-0.4, -0.2) is 70.5 Å². The van der Waals surface area contributed by atoms with Gasteiger partial charge in [0.1, 0.15) is 41.8 Å². The van der Waals surface area contributed by atoms with Crippen molar-refractivity contribution in [3.05, 3.63) is 28.5 Å². The van der Waals surface area contributed by atoms with Gasteiger partial charge in [0.25, 0.3) is 0 Å². The fraction of sp³-hybridized carbons (Fsp3) is 0.500. The predicted octanol–water partition coefficient (Wildman–Crippen LogP) is 5.01. The van der Waals surface area contributed by atoms with Gasteiger partial charge in [-0.15, -0.1) is 0 Å². The van der Waals surface area contributed by atoms with Crippen LogP contribution in [-0.2, 0) is 6.18 Å². The molecule has 4 aliphatic heterocycles. The van der Waals surface area contributed by atoms with E-state index < -0.39 is 45.5 Å². The van der Waals surface area contributed by atoms with Crippen molar-refractivity contribution in [1.29, 1.82) is 0 Å². The van der Waals surface area contributed by atoms with Gasteiger partial charge in [-0.1, -0.05) is 11.6 Å². The number of halogens is 6. The maximum atomic E-state index is 16.3. The molecule has 1 unspecified atom stereocenters. The lowest BCUT2D eigenvalue weighted by Crippen LogP contribution is -2.50. The normalized spacial score (nSPS) is 25.8. The van der Waals surface area contributed by atoms with Crippen molar-refractivity contribution in [2.45, 2.75) is 49.6 Å². The number of pyridine rings is 1. The van der Waals surface area contributed by atoms with Crippen molar-refractivity contribution < 1.29 is 31.4 Å². The number of aromatic nitrogens is 3. The number of nitrogens with two attached hydrogens (primary N) is 1. The Morgan fingerprint density at radius 1 is 1.20 bits per heavy atom. The fourth-order valence-corrected chi connectivity index (χ4v) is 6.81. The van der Waals surface area contributed by atoms with E-state index in [1.807, 2.05) is 4.90 Å². The average molecular weight is 583 g/mol. The van der Waals surface area contributed by atoms with Crippen molar-refractivity contribution >= 4 is 34.0 Å². The van der Waals surface area contributed by atoms with E-state index in [1.165, 1.54) is 0 Å². The third-order valence-corrected chi connectivity index (χ3v) is 8.72. The van der Waals surface area contributed by atoms with E-state index in [4.69, 9.17) is 26.8 Å². The van der Waals surface area contributed by atoms with Gasteiger partial charge in [-0.25, -0.2) is 13.8 Å². The Balaban J connectivity index is 1.39. The SMILES string of the molecule is Nc1cc(Cl)c(C(F)(F)F)c(-c2nc3c4c(nc(OC[C@@]56CCCN5C[C@H](F)C6)nc4c2F)N2CCC2CO3)c1. The first kappa shape index (κ1) is 25.8. The highest BCUT2D eigenvalue weighted by Gasteiger charge is 2.49. The number of alkyl halides is 4. The Kier molecular flexibility index (Phi) is 5.73. The molecule has 0 saturated carbocycles. The molecule has 3 aromatic rings. The summed E-state index contributed by atoms with van der Waals surface area (Å²) in [7, 11) is 0. The maximum Gasteiger partial charge on any atom is 0.418 e. The van der Waals surface area contributed by atoms with Crippen LogP contribution in [0.1, 0.15) is 31.2 Å². The summed E-state index contributed by atoms with van der Waals surface area (Å²) >= 11 is 5.94. The topological polar surface area (TPSA) is 89.6 Å². The van der Waals surface area contributed by atoms with E-state index in [9.17, 15) is 17.6 Å². The van der Waals surface area contributed by atoms with E-state index in [0.29, 0.717) is 25.3 Å². The zero-order valence-electron chi connectivity index (χ0n) is 21.1. The summed E-state index contributed by atoms with van der Waals surface area (Å²) in [6.45, 7) is 2.00. The smallest absolute Gasteiger partial charge is 0.418 e. The summed E-state index contributed by atoms with van der Waals surface area (Å²) < 4.78 is 84.6. The zero-order valence-corrected chi connectivity index (χ0v) is 21.8. The van der Waals surface area contributed by atoms with E-state index in [2.05, 4.69) is 19.9 Å². The molecule has 0 bridgehead atoms. The molecule has 212 valence electrons. The first-order valence-corrected chi connectivity index (χ1v) is 13.4. The summed E-state index contributed by atoms with van der Waals surface area (Å²) in [6, 6.07) is 1.70. The van der Waals surface area contributed by atoms with Crippen molar-refractivity contribution in [3.63, 3.8) is 0 Å².